The van der Waals surface area contributed by atoms with Crippen LogP contribution in [0, 0.1) is 12.3 Å². The summed E-state index contributed by atoms with van der Waals surface area (Å²) in [7, 11) is 1.45. The van der Waals surface area contributed by atoms with Crippen LogP contribution in [0.1, 0.15) is 16.1 Å². The Kier molecular flexibility index (Phi) is 1.56. The molecule has 5 nitrogen and oxygen atoms in total. The highest BCUT2D eigenvalue weighted by atomic mass is 16.5. The SMILES string of the molecule is Cc1c(C(=O)O)n(C)oc1=N. The van der Waals surface area contributed by atoms with Crippen molar-refractivity contribution in [3.05, 3.63) is 16.8 Å². The number of rotatable bonds is 1. The molecule has 5 heteroatoms. The molecule has 60 valence electrons. The zero-order chi connectivity index (χ0) is 8.59. The van der Waals surface area contributed by atoms with Gasteiger partial charge in [0.15, 0.2) is 5.69 Å². The monoisotopic (exact) mass is 156 g/mol. The lowest BCUT2D eigenvalue weighted by atomic mass is 10.3. The van der Waals surface area contributed by atoms with Crippen LogP contribution in [0.25, 0.3) is 0 Å². The third-order valence-corrected chi connectivity index (χ3v) is 1.44. The van der Waals surface area contributed by atoms with E-state index in [9.17, 15) is 4.79 Å². The lowest BCUT2D eigenvalue weighted by molar-refractivity contribution is 0.0672. The normalized spacial score (nSPS) is 10.0. The van der Waals surface area contributed by atoms with Gasteiger partial charge in [-0.3, -0.25) is 5.41 Å². The van der Waals surface area contributed by atoms with Gasteiger partial charge in [0, 0.05) is 12.6 Å². The van der Waals surface area contributed by atoms with Crippen molar-refractivity contribution < 1.29 is 14.4 Å². The summed E-state index contributed by atoms with van der Waals surface area (Å²) in [6.45, 7) is 1.54. The number of hydrogen-bond acceptors (Lipinski definition) is 3. The van der Waals surface area contributed by atoms with E-state index >= 15 is 0 Å². The van der Waals surface area contributed by atoms with Crippen LogP contribution in [-0.4, -0.2) is 15.8 Å². The van der Waals surface area contributed by atoms with E-state index in [0.29, 0.717) is 5.56 Å². The van der Waals surface area contributed by atoms with Crippen LogP contribution in [0.15, 0.2) is 4.52 Å². The Balaban J connectivity index is 3.46. The summed E-state index contributed by atoms with van der Waals surface area (Å²) in [6, 6.07) is 0. The number of aryl methyl sites for hydroxylation is 1. The number of carbonyl (C=O) groups is 1. The first kappa shape index (κ1) is 7.59. The predicted octanol–water partition coefficient (Wildman–Crippen LogP) is 0.104. The molecule has 0 atom stereocenters. The number of aromatic carboxylic acids is 1. The largest absolute Gasteiger partial charge is 0.476 e. The molecule has 1 rings (SSSR count). The van der Waals surface area contributed by atoms with Crippen LogP contribution < -0.4 is 5.55 Å². The maximum atomic E-state index is 10.5. The van der Waals surface area contributed by atoms with Crippen LogP contribution in [0.4, 0.5) is 0 Å². The Bertz CT molecular complexity index is 347. The van der Waals surface area contributed by atoms with Crippen molar-refractivity contribution in [2.24, 2.45) is 7.05 Å². The molecule has 0 spiro atoms. The van der Waals surface area contributed by atoms with Gasteiger partial charge in [0.25, 0.3) is 0 Å². The molecular weight excluding hydrogens is 148 g/mol. The summed E-state index contributed by atoms with van der Waals surface area (Å²) < 4.78 is 5.78. The molecule has 0 aliphatic rings. The average Bonchev–Trinajstić information content (AvgIpc) is 2.07. The topological polar surface area (TPSA) is 79.2 Å². The van der Waals surface area contributed by atoms with Gasteiger partial charge >= 0.3 is 5.97 Å². The van der Waals surface area contributed by atoms with E-state index in [2.05, 4.69) is 0 Å². The Labute approximate surface area is 62.3 Å². The zero-order valence-electron chi connectivity index (χ0n) is 6.21. The van der Waals surface area contributed by atoms with Gasteiger partial charge in [-0.2, -0.15) is 0 Å². The van der Waals surface area contributed by atoms with Gasteiger partial charge in [-0.05, 0) is 6.92 Å². The van der Waals surface area contributed by atoms with Crippen LogP contribution in [0.3, 0.4) is 0 Å². The molecular formula is C6H8N2O3. The minimum atomic E-state index is -1.08. The lowest BCUT2D eigenvalue weighted by Crippen LogP contribution is -2.06. The standard InChI is InChI=1S/C6H8N2O3/c1-3-4(6(9)10)8(2)11-5(3)7/h7H,1-2H3,(H,9,10). The molecule has 2 N–H and O–H groups in total. The minimum absolute atomic E-state index is 0.0231. The number of carboxylic acid groups (broad SMARTS) is 1. The van der Waals surface area contributed by atoms with Gasteiger partial charge in [-0.25, -0.2) is 9.53 Å². The van der Waals surface area contributed by atoms with Crippen LogP contribution in [0.5, 0.6) is 0 Å². The van der Waals surface area contributed by atoms with Crippen molar-refractivity contribution in [2.75, 3.05) is 0 Å². The second-order valence-electron chi connectivity index (χ2n) is 2.20. The Morgan fingerprint density at radius 2 is 2.27 bits per heavy atom. The summed E-state index contributed by atoms with van der Waals surface area (Å²) >= 11 is 0. The third-order valence-electron chi connectivity index (χ3n) is 1.44. The first-order chi connectivity index (χ1) is 5.04. The molecule has 0 saturated carbocycles. The molecule has 1 heterocycles. The van der Waals surface area contributed by atoms with Crippen LogP contribution in [-0.2, 0) is 7.05 Å². The van der Waals surface area contributed by atoms with E-state index in [1.54, 1.807) is 0 Å². The molecule has 0 radical (unpaired) electrons. The fourth-order valence-corrected chi connectivity index (χ4v) is 0.890. The lowest BCUT2D eigenvalue weighted by Gasteiger charge is -1.92. The summed E-state index contributed by atoms with van der Waals surface area (Å²) in [4.78, 5) is 10.5. The summed E-state index contributed by atoms with van der Waals surface area (Å²) in [6.07, 6.45) is 0. The number of aromatic nitrogens is 1. The highest BCUT2D eigenvalue weighted by Gasteiger charge is 2.14. The van der Waals surface area contributed by atoms with E-state index < -0.39 is 5.97 Å². The molecule has 0 amide bonds. The van der Waals surface area contributed by atoms with Crippen molar-refractivity contribution in [3.8, 4) is 0 Å². The van der Waals surface area contributed by atoms with Crippen molar-refractivity contribution in [2.45, 2.75) is 6.92 Å². The fourth-order valence-electron chi connectivity index (χ4n) is 0.890. The second-order valence-corrected chi connectivity index (χ2v) is 2.20. The zero-order valence-corrected chi connectivity index (χ0v) is 6.21. The quantitative estimate of drug-likeness (QED) is 0.605. The van der Waals surface area contributed by atoms with Crippen molar-refractivity contribution >= 4 is 5.97 Å². The smallest absolute Gasteiger partial charge is 0.356 e. The van der Waals surface area contributed by atoms with E-state index in [0.717, 1.165) is 4.74 Å². The van der Waals surface area contributed by atoms with Crippen molar-refractivity contribution in [1.82, 2.24) is 4.74 Å². The molecule has 0 unspecified atom stereocenters. The number of carboxylic acids is 1. The van der Waals surface area contributed by atoms with Crippen LogP contribution in [0.2, 0.25) is 0 Å². The van der Waals surface area contributed by atoms with Gasteiger partial charge in [-0.15, -0.1) is 0 Å². The maximum absolute atomic E-state index is 10.5. The minimum Gasteiger partial charge on any atom is -0.476 e. The molecule has 0 aromatic carbocycles. The first-order valence-corrected chi connectivity index (χ1v) is 2.99. The highest BCUT2D eigenvalue weighted by molar-refractivity contribution is 5.86. The Hall–Kier alpha value is -1.52. The van der Waals surface area contributed by atoms with Gasteiger partial charge in [0.05, 0.1) is 0 Å². The molecule has 0 bridgehead atoms. The van der Waals surface area contributed by atoms with E-state index in [4.69, 9.17) is 15.0 Å². The summed E-state index contributed by atoms with van der Waals surface area (Å²) in [5.41, 5.74) is 0.264. The second kappa shape index (κ2) is 2.26. The number of nitrogens with zero attached hydrogens (tertiary/aromatic N) is 1. The third kappa shape index (κ3) is 1.04. The van der Waals surface area contributed by atoms with Crippen molar-refractivity contribution in [1.29, 1.82) is 5.41 Å². The maximum Gasteiger partial charge on any atom is 0.356 e. The average molecular weight is 156 g/mol. The van der Waals surface area contributed by atoms with E-state index in [-0.39, 0.29) is 11.2 Å². The van der Waals surface area contributed by atoms with Crippen LogP contribution >= 0.6 is 0 Å². The number of hydrogen-bond donors (Lipinski definition) is 2. The summed E-state index contributed by atoms with van der Waals surface area (Å²) in [5.74, 6) is -1.08. The molecule has 0 saturated heterocycles. The van der Waals surface area contributed by atoms with Crippen molar-refractivity contribution in [3.63, 3.8) is 0 Å². The molecule has 1 aromatic rings. The Morgan fingerprint density at radius 1 is 1.73 bits per heavy atom. The molecule has 0 aliphatic heterocycles. The molecule has 0 aliphatic carbocycles. The molecule has 1 aromatic heterocycles. The Morgan fingerprint density at radius 3 is 2.45 bits per heavy atom. The van der Waals surface area contributed by atoms with Gasteiger partial charge in [0.2, 0.25) is 5.55 Å². The fraction of sp³-hybridized carbons (Fsp3) is 0.333. The van der Waals surface area contributed by atoms with Gasteiger partial charge in [0.1, 0.15) is 0 Å². The molecule has 11 heavy (non-hydrogen) atoms. The van der Waals surface area contributed by atoms with E-state index in [1.807, 2.05) is 0 Å². The van der Waals surface area contributed by atoms with Gasteiger partial charge in [-0.1, -0.05) is 0 Å². The first-order valence-electron chi connectivity index (χ1n) is 2.99. The highest BCUT2D eigenvalue weighted by Crippen LogP contribution is 2.01. The number of nitrogens with one attached hydrogen (secondary N) is 1. The summed E-state index contributed by atoms with van der Waals surface area (Å²) in [5, 5.41) is 15.7. The van der Waals surface area contributed by atoms with Gasteiger partial charge < -0.3 is 9.63 Å². The molecule has 0 fully saturated rings. The predicted molar refractivity (Wildman–Crippen MR) is 35.2 cm³/mol. The van der Waals surface area contributed by atoms with E-state index in [1.165, 1.54) is 14.0 Å².